The third kappa shape index (κ3) is 17.8. The summed E-state index contributed by atoms with van der Waals surface area (Å²) in [6.45, 7) is 11.7. The standard InChI is InChI=1S/C14H31N3O3.HI.3H2/c1-4-13(3)12-17-14(18)16-7-9-20-11-10-19-8-6-15-5-2;;;;/h13,15H,4-12H2,1-3H3,(H2,16,17,18);4*1H. The lowest BCUT2D eigenvalue weighted by Gasteiger charge is -2.11. The van der Waals surface area contributed by atoms with E-state index in [2.05, 4.69) is 36.7 Å². The molecule has 0 rings (SSSR count). The lowest BCUT2D eigenvalue weighted by atomic mass is 10.1. The van der Waals surface area contributed by atoms with Gasteiger partial charge in [0.1, 0.15) is 0 Å². The smallest absolute Gasteiger partial charge is 0.314 e. The maximum atomic E-state index is 11.4. The summed E-state index contributed by atoms with van der Waals surface area (Å²) in [5, 5.41) is 8.76. The van der Waals surface area contributed by atoms with Crippen LogP contribution in [0.25, 0.3) is 0 Å². The monoisotopic (exact) mass is 423 g/mol. The maximum Gasteiger partial charge on any atom is 0.314 e. The van der Waals surface area contributed by atoms with Crippen LogP contribution in [0.5, 0.6) is 0 Å². The van der Waals surface area contributed by atoms with Crippen LogP contribution in [0.1, 0.15) is 31.5 Å². The van der Waals surface area contributed by atoms with E-state index in [1.807, 2.05) is 0 Å². The number of hydrogen-bond donors (Lipinski definition) is 3. The number of ether oxygens (including phenoxy) is 2. The third-order valence-electron chi connectivity index (χ3n) is 2.89. The van der Waals surface area contributed by atoms with E-state index in [-0.39, 0.29) is 34.3 Å². The van der Waals surface area contributed by atoms with Gasteiger partial charge in [-0.1, -0.05) is 27.2 Å². The third-order valence-corrected chi connectivity index (χ3v) is 2.89. The van der Waals surface area contributed by atoms with Gasteiger partial charge in [0, 0.05) is 23.9 Å². The highest BCUT2D eigenvalue weighted by molar-refractivity contribution is 14.0. The first-order valence-corrected chi connectivity index (χ1v) is 7.58. The van der Waals surface area contributed by atoms with Gasteiger partial charge in [-0.05, 0) is 12.5 Å². The Morgan fingerprint density at radius 3 is 2.24 bits per heavy atom. The molecule has 1 unspecified atom stereocenters. The summed E-state index contributed by atoms with van der Waals surface area (Å²) in [7, 11) is 0. The molecule has 0 aromatic heterocycles. The van der Waals surface area contributed by atoms with Gasteiger partial charge in [-0.25, -0.2) is 4.79 Å². The molecule has 134 valence electrons. The predicted molar refractivity (Wildman–Crippen MR) is 103 cm³/mol. The molecule has 0 heterocycles. The topological polar surface area (TPSA) is 71.6 Å². The van der Waals surface area contributed by atoms with Crippen LogP contribution in [0.15, 0.2) is 0 Å². The minimum Gasteiger partial charge on any atom is -0.378 e. The highest BCUT2D eigenvalue weighted by Gasteiger charge is 2.02. The zero-order valence-electron chi connectivity index (χ0n) is 13.6. The fourth-order valence-corrected chi connectivity index (χ4v) is 1.35. The Kier molecular flexibility index (Phi) is 19.8. The number of amides is 2. The first-order chi connectivity index (χ1) is 9.70. The predicted octanol–water partition coefficient (Wildman–Crippen LogP) is 2.33. The Balaban J connectivity index is -0.000000301. The summed E-state index contributed by atoms with van der Waals surface area (Å²) in [6, 6.07) is -0.129. The summed E-state index contributed by atoms with van der Waals surface area (Å²) in [6.07, 6.45) is 1.07. The van der Waals surface area contributed by atoms with Crippen molar-refractivity contribution in [2.24, 2.45) is 5.92 Å². The van der Waals surface area contributed by atoms with Gasteiger partial charge in [0.05, 0.1) is 26.4 Å². The average Bonchev–Trinajstić information content (AvgIpc) is 2.46. The van der Waals surface area contributed by atoms with Crippen LogP contribution in [0.3, 0.4) is 0 Å². The number of likely N-dealkylation sites (N-methyl/N-ethyl adjacent to an activating group) is 1. The van der Waals surface area contributed by atoms with Gasteiger partial charge in [0.2, 0.25) is 0 Å². The van der Waals surface area contributed by atoms with Gasteiger partial charge in [0.15, 0.2) is 0 Å². The van der Waals surface area contributed by atoms with Crippen molar-refractivity contribution in [1.29, 1.82) is 0 Å². The highest BCUT2D eigenvalue weighted by Crippen LogP contribution is 1.96. The van der Waals surface area contributed by atoms with Crippen LogP contribution < -0.4 is 16.0 Å². The van der Waals surface area contributed by atoms with Crippen molar-refractivity contribution in [2.75, 3.05) is 52.6 Å². The molecule has 0 spiro atoms. The number of hydrogen-bond acceptors (Lipinski definition) is 4. The highest BCUT2D eigenvalue weighted by atomic mass is 127. The van der Waals surface area contributed by atoms with E-state index in [1.165, 1.54) is 0 Å². The summed E-state index contributed by atoms with van der Waals surface area (Å²) >= 11 is 0. The minimum atomic E-state index is -0.129. The lowest BCUT2D eigenvalue weighted by Crippen LogP contribution is -2.39. The van der Waals surface area contributed by atoms with E-state index in [0.29, 0.717) is 45.4 Å². The molecule has 1 atom stereocenters. The minimum absolute atomic E-state index is 0. The largest absolute Gasteiger partial charge is 0.378 e. The molecule has 7 heteroatoms. The van der Waals surface area contributed by atoms with E-state index in [4.69, 9.17) is 9.47 Å². The fraction of sp³-hybridized carbons (Fsp3) is 0.929. The van der Waals surface area contributed by atoms with Crippen LogP contribution in [0.4, 0.5) is 4.79 Å². The normalized spacial score (nSPS) is 11.6. The van der Waals surface area contributed by atoms with Crippen molar-refractivity contribution in [1.82, 2.24) is 16.0 Å². The van der Waals surface area contributed by atoms with Crippen LogP contribution >= 0.6 is 24.0 Å². The number of carbonyl (C=O) groups is 1. The van der Waals surface area contributed by atoms with Gasteiger partial charge in [-0.3, -0.25) is 0 Å². The van der Waals surface area contributed by atoms with Gasteiger partial charge < -0.3 is 25.4 Å². The van der Waals surface area contributed by atoms with Crippen molar-refractivity contribution in [3.63, 3.8) is 0 Å². The van der Waals surface area contributed by atoms with Crippen molar-refractivity contribution >= 4 is 30.0 Å². The van der Waals surface area contributed by atoms with Gasteiger partial charge in [0.25, 0.3) is 0 Å². The second-order valence-electron chi connectivity index (χ2n) is 4.73. The first-order valence-electron chi connectivity index (χ1n) is 7.58. The molecule has 0 fully saturated rings. The summed E-state index contributed by atoms with van der Waals surface area (Å²) in [5.41, 5.74) is 0. The number of urea groups is 1. The van der Waals surface area contributed by atoms with Crippen molar-refractivity contribution in [2.45, 2.75) is 27.2 Å². The van der Waals surface area contributed by atoms with Gasteiger partial charge >= 0.3 is 6.03 Å². The second kappa shape index (κ2) is 17.9. The molecule has 2 amide bonds. The molecule has 0 aliphatic carbocycles. The van der Waals surface area contributed by atoms with Crippen molar-refractivity contribution in [3.05, 3.63) is 0 Å². The van der Waals surface area contributed by atoms with Gasteiger partial charge in [-0.2, -0.15) is 0 Å². The molecule has 0 aliphatic rings. The first kappa shape index (κ1) is 23.2. The summed E-state index contributed by atoms with van der Waals surface area (Å²) in [5.74, 6) is 0.511. The SMILES string of the molecule is CCNCCOCCOCCNC(=O)NCC(C)CC.I.[HH].[HH].[HH]. The molecule has 0 saturated carbocycles. The quantitative estimate of drug-likeness (QED) is 0.314. The van der Waals surface area contributed by atoms with Gasteiger partial charge in [-0.15, -0.1) is 24.0 Å². The Hall–Kier alpha value is -0.120. The molecule has 0 bridgehead atoms. The van der Waals surface area contributed by atoms with Crippen molar-refractivity contribution < 1.29 is 18.5 Å². The zero-order valence-corrected chi connectivity index (χ0v) is 15.9. The molecule has 0 aliphatic heterocycles. The van der Waals surface area contributed by atoms with E-state index < -0.39 is 0 Å². The van der Waals surface area contributed by atoms with Crippen LogP contribution in [0.2, 0.25) is 0 Å². The number of carbonyl (C=O) groups excluding carboxylic acids is 1. The van der Waals surface area contributed by atoms with E-state index >= 15 is 0 Å². The molecule has 0 saturated heterocycles. The van der Waals surface area contributed by atoms with E-state index in [0.717, 1.165) is 19.5 Å². The number of halogens is 1. The number of rotatable bonds is 13. The lowest BCUT2D eigenvalue weighted by molar-refractivity contribution is 0.0506. The fourth-order valence-electron chi connectivity index (χ4n) is 1.35. The Morgan fingerprint density at radius 2 is 1.67 bits per heavy atom. The molecule has 6 nitrogen and oxygen atoms in total. The number of nitrogens with one attached hydrogen (secondary N) is 3. The maximum absolute atomic E-state index is 11.4. The molecule has 21 heavy (non-hydrogen) atoms. The summed E-state index contributed by atoms with van der Waals surface area (Å²) < 4.78 is 10.7. The Morgan fingerprint density at radius 1 is 1.05 bits per heavy atom. The molecule has 0 radical (unpaired) electrons. The Bertz CT molecular complexity index is 247. The van der Waals surface area contributed by atoms with Crippen LogP contribution in [-0.2, 0) is 9.47 Å². The van der Waals surface area contributed by atoms with Crippen LogP contribution in [0, 0.1) is 5.92 Å². The average molecular weight is 423 g/mol. The Labute approximate surface area is 150 Å². The van der Waals surface area contributed by atoms with E-state index in [1.54, 1.807) is 0 Å². The van der Waals surface area contributed by atoms with Crippen molar-refractivity contribution in [3.8, 4) is 0 Å². The molecule has 0 aromatic rings. The molecular weight excluding hydrogens is 385 g/mol. The molecule has 3 N–H and O–H groups in total. The second-order valence-corrected chi connectivity index (χ2v) is 4.73. The van der Waals surface area contributed by atoms with E-state index in [9.17, 15) is 4.79 Å². The van der Waals surface area contributed by atoms with Crippen LogP contribution in [-0.4, -0.2) is 58.6 Å². The molecule has 0 aromatic carbocycles. The zero-order chi connectivity index (χ0) is 15.1. The summed E-state index contributed by atoms with van der Waals surface area (Å²) in [4.78, 5) is 11.4. The molecular formula is C14H38IN3O3.